The predicted octanol–water partition coefficient (Wildman–Crippen LogP) is 5.11. The number of hydrogen-bond acceptors (Lipinski definition) is 5. The normalized spacial score (nSPS) is 11.4. The highest BCUT2D eigenvalue weighted by Gasteiger charge is 2.17. The molecular weight excluding hydrogens is 492 g/mol. The molecule has 0 aromatic heterocycles. The summed E-state index contributed by atoms with van der Waals surface area (Å²) in [4.78, 5) is 15.2. The number of likely N-dealkylation sites (N-methyl/N-ethyl adjacent to an activating group) is 1. The number of sulfonamides is 1. The van der Waals surface area contributed by atoms with Gasteiger partial charge in [0.2, 0.25) is 10.0 Å². The van der Waals surface area contributed by atoms with Crippen LogP contribution in [0, 0.1) is 0 Å². The first-order chi connectivity index (χ1) is 15.2. The van der Waals surface area contributed by atoms with Gasteiger partial charge in [0.05, 0.1) is 18.6 Å². The van der Waals surface area contributed by atoms with Crippen LogP contribution in [0.25, 0.3) is 0 Å². The molecule has 0 saturated carbocycles. The number of ether oxygens (including phenoxy) is 1. The van der Waals surface area contributed by atoms with Gasteiger partial charge in [-0.2, -0.15) is 0 Å². The highest BCUT2D eigenvalue weighted by atomic mass is 79.9. The Bertz CT molecular complexity index is 1010. The smallest absolute Gasteiger partial charge is 0.229 e. The molecule has 0 fully saturated rings. The molecule has 0 aliphatic carbocycles. The van der Waals surface area contributed by atoms with Gasteiger partial charge >= 0.3 is 0 Å². The molecule has 0 spiro atoms. The van der Waals surface area contributed by atoms with Crippen LogP contribution in [-0.4, -0.2) is 52.1 Å². The zero-order valence-electron chi connectivity index (χ0n) is 18.6. The van der Waals surface area contributed by atoms with Crippen molar-refractivity contribution >= 4 is 37.4 Å². The number of halogens is 1. The molecule has 2 aromatic rings. The molecule has 174 valence electrons. The largest absolute Gasteiger partial charge is 0.494 e. The van der Waals surface area contributed by atoms with E-state index in [1.54, 1.807) is 42.5 Å². The average molecular weight is 523 g/mol. The second-order valence-electron chi connectivity index (χ2n) is 7.73. The highest BCUT2D eigenvalue weighted by Crippen LogP contribution is 2.27. The monoisotopic (exact) mass is 522 g/mol. The topological polar surface area (TPSA) is 75.7 Å². The van der Waals surface area contributed by atoms with Gasteiger partial charge in [-0.05, 0) is 62.8 Å². The Labute approximate surface area is 199 Å². The summed E-state index contributed by atoms with van der Waals surface area (Å²) in [5.74, 6) is 0.255. The van der Waals surface area contributed by atoms with Crippen LogP contribution in [0.2, 0.25) is 0 Å². The molecule has 0 aliphatic heterocycles. The molecule has 0 amide bonds. The molecule has 0 saturated heterocycles. The van der Waals surface area contributed by atoms with Gasteiger partial charge in [-0.3, -0.25) is 9.52 Å². The number of benzene rings is 2. The van der Waals surface area contributed by atoms with Gasteiger partial charge in [0.15, 0.2) is 5.78 Å². The average Bonchev–Trinajstić information content (AvgIpc) is 2.72. The van der Waals surface area contributed by atoms with Gasteiger partial charge in [-0.1, -0.05) is 34.8 Å². The molecular formula is C24H31BrN2O4S. The lowest BCUT2D eigenvalue weighted by Crippen LogP contribution is -2.19. The lowest BCUT2D eigenvalue weighted by Gasteiger charge is -2.14. The van der Waals surface area contributed by atoms with Gasteiger partial charge in [-0.25, -0.2) is 8.42 Å². The molecule has 0 unspecified atom stereocenters. The van der Waals surface area contributed by atoms with Crippen molar-refractivity contribution in [2.24, 2.45) is 0 Å². The molecule has 0 heterocycles. The standard InChI is InChI=1S/C24H31BrN2O4S/c1-4-15-27(2)16-7-5-6-8-17-31-21-13-14-22(23(18-21)26-32(3,29)30)24(28)19-9-11-20(25)12-10-19/h4,9-14,18,26H,1,5-8,15-17H2,2-3H3. The molecule has 1 N–H and O–H groups in total. The molecule has 0 bridgehead atoms. The van der Waals surface area contributed by atoms with Crippen molar-refractivity contribution in [2.45, 2.75) is 25.7 Å². The van der Waals surface area contributed by atoms with Gasteiger partial charge in [0.1, 0.15) is 5.75 Å². The van der Waals surface area contributed by atoms with Crippen LogP contribution in [-0.2, 0) is 10.0 Å². The van der Waals surface area contributed by atoms with E-state index < -0.39 is 10.0 Å². The molecule has 0 radical (unpaired) electrons. The second kappa shape index (κ2) is 12.8. The van der Waals surface area contributed by atoms with E-state index in [4.69, 9.17) is 4.74 Å². The lowest BCUT2D eigenvalue weighted by atomic mass is 10.0. The summed E-state index contributed by atoms with van der Waals surface area (Å²) in [5.41, 5.74) is 0.953. The second-order valence-corrected chi connectivity index (χ2v) is 10.4. The Morgan fingerprint density at radius 3 is 2.47 bits per heavy atom. The maximum atomic E-state index is 12.9. The van der Waals surface area contributed by atoms with Crippen molar-refractivity contribution in [3.63, 3.8) is 0 Å². The molecule has 2 aromatic carbocycles. The summed E-state index contributed by atoms with van der Waals surface area (Å²) in [5, 5.41) is 0. The summed E-state index contributed by atoms with van der Waals surface area (Å²) >= 11 is 3.35. The van der Waals surface area contributed by atoms with Gasteiger partial charge in [-0.15, -0.1) is 6.58 Å². The highest BCUT2D eigenvalue weighted by molar-refractivity contribution is 9.10. The minimum atomic E-state index is -3.56. The fraction of sp³-hybridized carbons (Fsp3) is 0.375. The van der Waals surface area contributed by atoms with Crippen LogP contribution >= 0.6 is 15.9 Å². The van der Waals surface area contributed by atoms with Crippen LogP contribution < -0.4 is 9.46 Å². The number of anilines is 1. The lowest BCUT2D eigenvalue weighted by molar-refractivity contribution is 0.103. The maximum absolute atomic E-state index is 12.9. The Hall–Kier alpha value is -2.16. The van der Waals surface area contributed by atoms with Crippen LogP contribution in [0.3, 0.4) is 0 Å². The van der Waals surface area contributed by atoms with E-state index in [1.165, 1.54) is 0 Å². The van der Waals surface area contributed by atoms with Crippen molar-refractivity contribution < 1.29 is 17.9 Å². The van der Waals surface area contributed by atoms with E-state index in [0.717, 1.165) is 49.5 Å². The van der Waals surface area contributed by atoms with Crippen LogP contribution in [0.1, 0.15) is 41.6 Å². The van der Waals surface area contributed by atoms with E-state index in [0.29, 0.717) is 17.9 Å². The van der Waals surface area contributed by atoms with E-state index in [2.05, 4.69) is 39.2 Å². The van der Waals surface area contributed by atoms with Crippen LogP contribution in [0.15, 0.2) is 59.6 Å². The number of unbranched alkanes of at least 4 members (excludes halogenated alkanes) is 3. The van der Waals surface area contributed by atoms with Gasteiger partial charge in [0, 0.05) is 28.2 Å². The first kappa shape index (κ1) is 26.1. The van der Waals surface area contributed by atoms with Gasteiger partial charge < -0.3 is 9.64 Å². The number of rotatable bonds is 14. The number of ketones is 1. The zero-order chi connectivity index (χ0) is 23.6. The summed E-state index contributed by atoms with van der Waals surface area (Å²) in [6.45, 7) is 6.21. The number of nitrogens with zero attached hydrogens (tertiary/aromatic N) is 1. The SMILES string of the molecule is C=CCN(C)CCCCCCOc1ccc(C(=O)c2ccc(Br)cc2)c(NS(C)(=O)=O)c1. The minimum Gasteiger partial charge on any atom is -0.494 e. The van der Waals surface area contributed by atoms with Crippen LogP contribution in [0.5, 0.6) is 5.75 Å². The first-order valence-corrected chi connectivity index (χ1v) is 13.2. The summed E-state index contributed by atoms with van der Waals surface area (Å²) in [6, 6.07) is 11.8. The Kier molecular flexibility index (Phi) is 10.4. The Balaban J connectivity index is 1.98. The number of hydrogen-bond donors (Lipinski definition) is 1. The Morgan fingerprint density at radius 2 is 1.81 bits per heavy atom. The van der Waals surface area contributed by atoms with Crippen molar-refractivity contribution in [1.82, 2.24) is 4.90 Å². The van der Waals surface area contributed by atoms with Crippen LogP contribution in [0.4, 0.5) is 5.69 Å². The van der Waals surface area contributed by atoms with Gasteiger partial charge in [0.25, 0.3) is 0 Å². The van der Waals surface area contributed by atoms with E-state index in [-0.39, 0.29) is 17.0 Å². The van der Waals surface area contributed by atoms with E-state index in [1.807, 2.05) is 6.08 Å². The molecule has 0 aliphatic rings. The molecule has 0 atom stereocenters. The maximum Gasteiger partial charge on any atom is 0.229 e. The minimum absolute atomic E-state index is 0.211. The van der Waals surface area contributed by atoms with Crippen molar-refractivity contribution in [3.05, 3.63) is 70.7 Å². The van der Waals surface area contributed by atoms with Crippen molar-refractivity contribution in [1.29, 1.82) is 0 Å². The summed E-state index contributed by atoms with van der Waals surface area (Å²) < 4.78 is 32.8. The van der Waals surface area contributed by atoms with Crippen molar-refractivity contribution in [2.75, 3.05) is 37.7 Å². The third kappa shape index (κ3) is 9.14. The number of carbonyl (C=O) groups is 1. The Morgan fingerprint density at radius 1 is 1.12 bits per heavy atom. The van der Waals surface area contributed by atoms with E-state index >= 15 is 0 Å². The molecule has 8 heteroatoms. The quantitative estimate of drug-likeness (QED) is 0.212. The fourth-order valence-corrected chi connectivity index (χ4v) is 4.02. The summed E-state index contributed by atoms with van der Waals surface area (Å²) in [7, 11) is -1.48. The summed E-state index contributed by atoms with van der Waals surface area (Å²) in [6.07, 6.45) is 7.15. The number of nitrogens with one attached hydrogen (secondary N) is 1. The van der Waals surface area contributed by atoms with Crippen molar-refractivity contribution in [3.8, 4) is 5.75 Å². The molecule has 6 nitrogen and oxygen atoms in total. The van der Waals surface area contributed by atoms with E-state index in [9.17, 15) is 13.2 Å². The first-order valence-electron chi connectivity index (χ1n) is 10.5. The zero-order valence-corrected chi connectivity index (χ0v) is 21.0. The molecule has 32 heavy (non-hydrogen) atoms. The third-order valence-electron chi connectivity index (χ3n) is 4.78. The fourth-order valence-electron chi connectivity index (χ4n) is 3.19. The third-order valence-corrected chi connectivity index (χ3v) is 5.90. The molecule has 2 rings (SSSR count). The number of carbonyl (C=O) groups excluding carboxylic acids is 1. The predicted molar refractivity (Wildman–Crippen MR) is 134 cm³/mol.